The molecule has 2 unspecified atom stereocenters. The third kappa shape index (κ3) is 4.34. The zero-order valence-electron chi connectivity index (χ0n) is 11.8. The molecule has 1 heterocycles. The van der Waals surface area contributed by atoms with Gasteiger partial charge in [-0.1, -0.05) is 12.1 Å². The maximum Gasteiger partial charge on any atom is 0.223 e. The number of rotatable bonds is 5. The highest BCUT2D eigenvalue weighted by Crippen LogP contribution is 2.20. The molecule has 1 amide bonds. The van der Waals surface area contributed by atoms with E-state index in [1.165, 1.54) is 29.5 Å². The van der Waals surface area contributed by atoms with Gasteiger partial charge in [0.15, 0.2) is 0 Å². The lowest BCUT2D eigenvalue weighted by Gasteiger charge is -2.14. The summed E-state index contributed by atoms with van der Waals surface area (Å²) in [7, 11) is 0. The van der Waals surface area contributed by atoms with Crippen molar-refractivity contribution in [3.63, 3.8) is 0 Å². The molecule has 0 bridgehead atoms. The second kappa shape index (κ2) is 6.78. The lowest BCUT2D eigenvalue weighted by molar-refractivity contribution is -0.123. The lowest BCUT2D eigenvalue weighted by Crippen LogP contribution is -2.28. The van der Waals surface area contributed by atoms with Crippen LogP contribution in [-0.4, -0.2) is 16.0 Å². The van der Waals surface area contributed by atoms with E-state index in [0.717, 1.165) is 10.7 Å². The zero-order valence-corrected chi connectivity index (χ0v) is 12.7. The molecule has 21 heavy (non-hydrogen) atoms. The maximum atomic E-state index is 13.1. The number of aromatic nitrogens is 1. The number of aryl methyl sites for hydroxylation is 1. The van der Waals surface area contributed by atoms with Crippen molar-refractivity contribution in [2.45, 2.75) is 32.4 Å². The summed E-state index contributed by atoms with van der Waals surface area (Å²) in [6, 6.07) is 5.41. The smallest absolute Gasteiger partial charge is 0.223 e. The third-order valence-electron chi connectivity index (χ3n) is 3.00. The average Bonchev–Trinajstić information content (AvgIpc) is 2.85. The van der Waals surface area contributed by atoms with Gasteiger partial charge in [0.25, 0.3) is 0 Å². The van der Waals surface area contributed by atoms with Crippen LogP contribution in [0.3, 0.4) is 0 Å². The monoisotopic (exact) mass is 308 g/mol. The number of benzene rings is 1. The summed E-state index contributed by atoms with van der Waals surface area (Å²) in [5.74, 6) is -0.731. The Morgan fingerprint density at radius 3 is 2.90 bits per heavy atom. The average molecular weight is 308 g/mol. The lowest BCUT2D eigenvalue weighted by atomic mass is 10.1. The molecule has 0 saturated heterocycles. The van der Waals surface area contributed by atoms with Gasteiger partial charge in [-0.15, -0.1) is 11.3 Å². The molecule has 0 fully saturated rings. The van der Waals surface area contributed by atoms with Crippen molar-refractivity contribution in [1.29, 1.82) is 0 Å². The first-order chi connectivity index (χ1) is 9.95. The van der Waals surface area contributed by atoms with E-state index < -0.39 is 11.9 Å². The van der Waals surface area contributed by atoms with Crippen LogP contribution in [0.2, 0.25) is 0 Å². The van der Waals surface area contributed by atoms with E-state index >= 15 is 0 Å². The summed E-state index contributed by atoms with van der Waals surface area (Å²) in [4.78, 5) is 16.2. The van der Waals surface area contributed by atoms with E-state index in [1.54, 1.807) is 6.07 Å². The van der Waals surface area contributed by atoms with Gasteiger partial charge in [-0.3, -0.25) is 4.79 Å². The van der Waals surface area contributed by atoms with Crippen molar-refractivity contribution in [2.24, 2.45) is 0 Å². The molecule has 4 nitrogen and oxygen atoms in total. The van der Waals surface area contributed by atoms with Crippen LogP contribution in [0.5, 0.6) is 0 Å². The summed E-state index contributed by atoms with van der Waals surface area (Å²) in [5, 5.41) is 15.5. The van der Waals surface area contributed by atoms with Crippen LogP contribution < -0.4 is 5.32 Å². The molecule has 1 aromatic carbocycles. The Morgan fingerprint density at radius 2 is 2.29 bits per heavy atom. The van der Waals surface area contributed by atoms with Crippen molar-refractivity contribution in [2.75, 3.05) is 0 Å². The molecule has 1 aromatic heterocycles. The molecule has 0 spiro atoms. The number of carbonyl (C=O) groups is 1. The number of halogens is 1. The number of carbonyl (C=O) groups excluding carboxylic acids is 1. The maximum absolute atomic E-state index is 13.1. The molecule has 2 atom stereocenters. The predicted octanol–water partition coefficient (Wildman–Crippen LogP) is 2.89. The van der Waals surface area contributed by atoms with Crippen LogP contribution in [0.15, 0.2) is 29.6 Å². The Bertz CT molecular complexity index is 630. The molecule has 0 radical (unpaired) electrons. The fourth-order valence-electron chi connectivity index (χ4n) is 1.94. The van der Waals surface area contributed by atoms with Crippen molar-refractivity contribution in [3.8, 4) is 0 Å². The van der Waals surface area contributed by atoms with Crippen molar-refractivity contribution in [3.05, 3.63) is 51.7 Å². The Kier molecular flexibility index (Phi) is 5.03. The number of nitrogens with one attached hydrogen (secondary N) is 1. The Balaban J connectivity index is 1.92. The van der Waals surface area contributed by atoms with Gasteiger partial charge in [0, 0.05) is 11.1 Å². The standard InChI is InChI=1S/C15H17FN2O2S/c1-9-8-21-15(17-9)10(2)18-14(20)7-13(19)11-4-3-5-12(16)6-11/h3-6,8,10,13,19H,7H2,1-2H3,(H,18,20). The topological polar surface area (TPSA) is 62.2 Å². The molecule has 112 valence electrons. The summed E-state index contributed by atoms with van der Waals surface area (Å²) in [6.07, 6.45) is -1.14. The number of aliphatic hydroxyl groups is 1. The summed E-state index contributed by atoms with van der Waals surface area (Å²) >= 11 is 1.48. The van der Waals surface area contributed by atoms with Crippen LogP contribution in [0.1, 0.15) is 41.8 Å². The van der Waals surface area contributed by atoms with E-state index in [0.29, 0.717) is 5.56 Å². The number of hydrogen-bond acceptors (Lipinski definition) is 4. The van der Waals surface area contributed by atoms with Gasteiger partial charge < -0.3 is 10.4 Å². The van der Waals surface area contributed by atoms with Crippen LogP contribution in [0.4, 0.5) is 4.39 Å². The molecule has 0 aliphatic rings. The summed E-state index contributed by atoms with van der Waals surface area (Å²) in [6.45, 7) is 3.73. The van der Waals surface area contributed by atoms with E-state index in [1.807, 2.05) is 19.2 Å². The first kappa shape index (κ1) is 15.6. The fraction of sp³-hybridized carbons (Fsp3) is 0.333. The second-order valence-corrected chi connectivity index (χ2v) is 5.78. The number of thiazole rings is 1. The molecule has 0 aliphatic heterocycles. The molecular weight excluding hydrogens is 291 g/mol. The molecular formula is C15H17FN2O2S. The van der Waals surface area contributed by atoms with Gasteiger partial charge in [0.1, 0.15) is 10.8 Å². The molecule has 6 heteroatoms. The second-order valence-electron chi connectivity index (χ2n) is 4.89. The number of amides is 1. The van der Waals surface area contributed by atoms with Gasteiger partial charge in [-0.25, -0.2) is 9.37 Å². The van der Waals surface area contributed by atoms with E-state index in [2.05, 4.69) is 10.3 Å². The highest BCUT2D eigenvalue weighted by Gasteiger charge is 2.17. The van der Waals surface area contributed by atoms with Crippen LogP contribution in [0.25, 0.3) is 0 Å². The minimum atomic E-state index is -1.02. The molecule has 0 saturated carbocycles. The summed E-state index contributed by atoms with van der Waals surface area (Å²) in [5.41, 5.74) is 1.30. The van der Waals surface area contributed by atoms with Gasteiger partial charge in [-0.05, 0) is 31.5 Å². The molecule has 2 N–H and O–H groups in total. The number of hydrogen-bond donors (Lipinski definition) is 2. The number of nitrogens with zero attached hydrogens (tertiary/aromatic N) is 1. The van der Waals surface area contributed by atoms with Gasteiger partial charge in [-0.2, -0.15) is 0 Å². The molecule has 2 aromatic rings. The first-order valence-corrected chi connectivity index (χ1v) is 7.48. The van der Waals surface area contributed by atoms with E-state index in [4.69, 9.17) is 0 Å². The van der Waals surface area contributed by atoms with Gasteiger partial charge in [0.2, 0.25) is 5.91 Å². The predicted molar refractivity (Wildman–Crippen MR) is 79.4 cm³/mol. The Morgan fingerprint density at radius 1 is 1.52 bits per heavy atom. The van der Waals surface area contributed by atoms with Crippen molar-refractivity contribution < 1.29 is 14.3 Å². The van der Waals surface area contributed by atoms with Gasteiger partial charge >= 0.3 is 0 Å². The quantitative estimate of drug-likeness (QED) is 0.893. The van der Waals surface area contributed by atoms with Gasteiger partial charge in [0.05, 0.1) is 18.6 Å². The summed E-state index contributed by atoms with van der Waals surface area (Å²) < 4.78 is 13.1. The Hall–Kier alpha value is -1.79. The van der Waals surface area contributed by atoms with Crippen LogP contribution in [-0.2, 0) is 4.79 Å². The molecule has 0 aliphatic carbocycles. The minimum absolute atomic E-state index is 0.113. The van der Waals surface area contributed by atoms with Crippen LogP contribution >= 0.6 is 11.3 Å². The highest BCUT2D eigenvalue weighted by molar-refractivity contribution is 7.09. The fourth-order valence-corrected chi connectivity index (χ4v) is 2.74. The normalized spacial score (nSPS) is 13.7. The largest absolute Gasteiger partial charge is 0.388 e. The zero-order chi connectivity index (χ0) is 15.4. The van der Waals surface area contributed by atoms with Crippen molar-refractivity contribution in [1.82, 2.24) is 10.3 Å². The highest BCUT2D eigenvalue weighted by atomic mass is 32.1. The van der Waals surface area contributed by atoms with E-state index in [9.17, 15) is 14.3 Å². The number of aliphatic hydroxyl groups excluding tert-OH is 1. The minimum Gasteiger partial charge on any atom is -0.388 e. The first-order valence-electron chi connectivity index (χ1n) is 6.60. The van der Waals surface area contributed by atoms with Crippen LogP contribution in [0, 0.1) is 12.7 Å². The van der Waals surface area contributed by atoms with Crippen molar-refractivity contribution >= 4 is 17.2 Å². The van der Waals surface area contributed by atoms with E-state index in [-0.39, 0.29) is 18.4 Å². The SMILES string of the molecule is Cc1csc(C(C)NC(=O)CC(O)c2cccc(F)c2)n1. The third-order valence-corrected chi connectivity index (χ3v) is 4.14. The Labute approximate surface area is 126 Å². The molecule has 2 rings (SSSR count).